The average molecular weight is 313 g/mol. The standard InChI is InChI=1S/C15H23NO4S/c1-5-15(6-2,21(4,18)19)11-16-14(17)10-9-13-8-7-12(3)20-13/h7-10H,5-6,11H2,1-4H3,(H,16,17). The van der Waals surface area contributed by atoms with Crippen LogP contribution in [0.4, 0.5) is 0 Å². The predicted octanol–water partition coefficient (Wildman–Crippen LogP) is 2.32. The fourth-order valence-corrected chi connectivity index (χ4v) is 3.55. The molecule has 5 nitrogen and oxygen atoms in total. The molecule has 118 valence electrons. The van der Waals surface area contributed by atoms with Gasteiger partial charge >= 0.3 is 0 Å². The number of sulfone groups is 1. The van der Waals surface area contributed by atoms with Crippen molar-refractivity contribution in [2.45, 2.75) is 38.4 Å². The van der Waals surface area contributed by atoms with E-state index in [4.69, 9.17) is 4.42 Å². The van der Waals surface area contributed by atoms with E-state index in [0.717, 1.165) is 5.76 Å². The van der Waals surface area contributed by atoms with Crippen LogP contribution in [0.1, 0.15) is 38.2 Å². The molecule has 0 atom stereocenters. The maximum Gasteiger partial charge on any atom is 0.244 e. The molecule has 1 heterocycles. The maximum atomic E-state index is 11.9. The van der Waals surface area contributed by atoms with E-state index in [1.807, 2.05) is 20.8 Å². The molecule has 0 aliphatic carbocycles. The highest BCUT2D eigenvalue weighted by atomic mass is 32.2. The molecule has 1 aromatic rings. The lowest BCUT2D eigenvalue weighted by Crippen LogP contribution is -2.47. The number of hydrogen-bond donors (Lipinski definition) is 1. The molecule has 0 aliphatic rings. The molecule has 0 saturated carbocycles. The second-order valence-electron chi connectivity index (χ2n) is 5.16. The van der Waals surface area contributed by atoms with Gasteiger partial charge < -0.3 is 9.73 Å². The Morgan fingerprint density at radius 2 is 1.95 bits per heavy atom. The van der Waals surface area contributed by atoms with Gasteiger partial charge in [-0.1, -0.05) is 13.8 Å². The van der Waals surface area contributed by atoms with E-state index in [0.29, 0.717) is 18.6 Å². The zero-order chi connectivity index (χ0) is 16.1. The molecule has 1 N–H and O–H groups in total. The van der Waals surface area contributed by atoms with Crippen LogP contribution in [0.2, 0.25) is 0 Å². The summed E-state index contributed by atoms with van der Waals surface area (Å²) in [4.78, 5) is 11.8. The molecule has 0 spiro atoms. The van der Waals surface area contributed by atoms with Crippen LogP contribution in [0, 0.1) is 6.92 Å². The van der Waals surface area contributed by atoms with Crippen molar-refractivity contribution in [1.29, 1.82) is 0 Å². The molecule has 0 bridgehead atoms. The van der Waals surface area contributed by atoms with Crippen molar-refractivity contribution in [2.75, 3.05) is 12.8 Å². The quantitative estimate of drug-likeness (QED) is 0.784. The number of amides is 1. The Kier molecular flexibility index (Phi) is 5.78. The first-order valence-corrected chi connectivity index (χ1v) is 8.85. The first-order chi connectivity index (χ1) is 9.74. The largest absolute Gasteiger partial charge is 0.462 e. The van der Waals surface area contributed by atoms with Crippen LogP contribution in [0.3, 0.4) is 0 Å². The van der Waals surface area contributed by atoms with E-state index in [2.05, 4.69) is 5.32 Å². The van der Waals surface area contributed by atoms with Gasteiger partial charge in [-0.3, -0.25) is 4.79 Å². The Morgan fingerprint density at radius 1 is 1.33 bits per heavy atom. The maximum absolute atomic E-state index is 11.9. The van der Waals surface area contributed by atoms with Crippen molar-refractivity contribution >= 4 is 21.8 Å². The van der Waals surface area contributed by atoms with Crippen molar-refractivity contribution in [3.8, 4) is 0 Å². The molecule has 0 aliphatic heterocycles. The Labute approximate surface area is 126 Å². The molecule has 1 rings (SSSR count). The van der Waals surface area contributed by atoms with Crippen LogP contribution in [-0.2, 0) is 14.6 Å². The summed E-state index contributed by atoms with van der Waals surface area (Å²) in [5.41, 5.74) is 0. The summed E-state index contributed by atoms with van der Waals surface area (Å²) in [6.07, 6.45) is 5.04. The first-order valence-electron chi connectivity index (χ1n) is 6.96. The van der Waals surface area contributed by atoms with Gasteiger partial charge in [-0.05, 0) is 38.0 Å². The molecule has 0 unspecified atom stereocenters. The summed E-state index contributed by atoms with van der Waals surface area (Å²) in [5.74, 6) is 1.02. The van der Waals surface area contributed by atoms with Gasteiger partial charge in [0.25, 0.3) is 0 Å². The van der Waals surface area contributed by atoms with Crippen molar-refractivity contribution in [3.63, 3.8) is 0 Å². The lowest BCUT2D eigenvalue weighted by Gasteiger charge is -2.29. The van der Waals surface area contributed by atoms with Crippen LogP contribution < -0.4 is 5.32 Å². The monoisotopic (exact) mass is 313 g/mol. The highest BCUT2D eigenvalue weighted by Gasteiger charge is 2.37. The Morgan fingerprint density at radius 3 is 2.38 bits per heavy atom. The molecular formula is C15H23NO4S. The van der Waals surface area contributed by atoms with Gasteiger partial charge in [0.2, 0.25) is 5.91 Å². The Bertz CT molecular complexity index is 609. The van der Waals surface area contributed by atoms with Crippen molar-refractivity contribution in [1.82, 2.24) is 5.32 Å². The molecule has 1 aromatic heterocycles. The fraction of sp³-hybridized carbons (Fsp3) is 0.533. The van der Waals surface area contributed by atoms with Crippen LogP contribution in [0.25, 0.3) is 6.08 Å². The highest BCUT2D eigenvalue weighted by molar-refractivity contribution is 7.92. The zero-order valence-electron chi connectivity index (χ0n) is 13.0. The summed E-state index contributed by atoms with van der Waals surface area (Å²) in [6.45, 7) is 5.57. The molecule has 0 aromatic carbocycles. The molecular weight excluding hydrogens is 290 g/mol. The number of carbonyl (C=O) groups is 1. The minimum absolute atomic E-state index is 0.110. The van der Waals surface area contributed by atoms with Gasteiger partial charge in [0, 0.05) is 18.9 Å². The van der Waals surface area contributed by atoms with Crippen LogP contribution in [0.15, 0.2) is 22.6 Å². The number of nitrogens with one attached hydrogen (secondary N) is 1. The number of furan rings is 1. The minimum Gasteiger partial charge on any atom is -0.462 e. The smallest absolute Gasteiger partial charge is 0.244 e. The van der Waals surface area contributed by atoms with Crippen LogP contribution in [0.5, 0.6) is 0 Å². The SMILES string of the molecule is CCC(CC)(CNC(=O)C=Cc1ccc(C)o1)S(C)(=O)=O. The lowest BCUT2D eigenvalue weighted by molar-refractivity contribution is -0.116. The van der Waals surface area contributed by atoms with E-state index in [1.54, 1.807) is 18.2 Å². The van der Waals surface area contributed by atoms with Crippen LogP contribution >= 0.6 is 0 Å². The van der Waals surface area contributed by atoms with Gasteiger partial charge in [0.15, 0.2) is 9.84 Å². The fourth-order valence-electron chi connectivity index (χ4n) is 2.16. The normalized spacial score (nSPS) is 12.8. The van der Waals surface area contributed by atoms with E-state index in [1.165, 1.54) is 12.3 Å². The van der Waals surface area contributed by atoms with Crippen LogP contribution in [-0.4, -0.2) is 31.9 Å². The molecule has 21 heavy (non-hydrogen) atoms. The van der Waals surface area contributed by atoms with E-state index >= 15 is 0 Å². The van der Waals surface area contributed by atoms with Crippen molar-refractivity contribution in [2.24, 2.45) is 0 Å². The van der Waals surface area contributed by atoms with Gasteiger partial charge in [-0.2, -0.15) is 0 Å². The number of hydrogen-bond acceptors (Lipinski definition) is 4. The highest BCUT2D eigenvalue weighted by Crippen LogP contribution is 2.24. The lowest BCUT2D eigenvalue weighted by atomic mass is 10.0. The summed E-state index contributed by atoms with van der Waals surface area (Å²) >= 11 is 0. The predicted molar refractivity (Wildman–Crippen MR) is 83.6 cm³/mol. The summed E-state index contributed by atoms with van der Waals surface area (Å²) < 4.78 is 28.3. The Hall–Kier alpha value is -1.56. The van der Waals surface area contributed by atoms with Gasteiger partial charge in [-0.15, -0.1) is 0 Å². The summed E-state index contributed by atoms with van der Waals surface area (Å²) in [6, 6.07) is 3.57. The third kappa shape index (κ3) is 4.46. The second kappa shape index (κ2) is 6.93. The topological polar surface area (TPSA) is 76.4 Å². The Balaban J connectivity index is 2.69. The third-order valence-electron chi connectivity index (χ3n) is 3.82. The zero-order valence-corrected chi connectivity index (χ0v) is 13.8. The number of rotatable bonds is 7. The average Bonchev–Trinajstić information content (AvgIpc) is 2.82. The van der Waals surface area contributed by atoms with Crippen molar-refractivity contribution < 1.29 is 17.6 Å². The first kappa shape index (κ1) is 17.5. The van der Waals surface area contributed by atoms with E-state index in [9.17, 15) is 13.2 Å². The minimum atomic E-state index is -3.24. The summed E-state index contributed by atoms with van der Waals surface area (Å²) in [5, 5.41) is 2.66. The number of aryl methyl sites for hydroxylation is 1. The van der Waals surface area contributed by atoms with E-state index in [-0.39, 0.29) is 12.5 Å². The second-order valence-corrected chi connectivity index (χ2v) is 7.57. The van der Waals surface area contributed by atoms with Gasteiger partial charge in [-0.25, -0.2) is 8.42 Å². The summed E-state index contributed by atoms with van der Waals surface area (Å²) in [7, 11) is -3.24. The van der Waals surface area contributed by atoms with Gasteiger partial charge in [0.05, 0.1) is 4.75 Å². The third-order valence-corrected chi connectivity index (χ3v) is 6.11. The number of carbonyl (C=O) groups excluding carboxylic acids is 1. The molecule has 6 heteroatoms. The van der Waals surface area contributed by atoms with Gasteiger partial charge in [0.1, 0.15) is 11.5 Å². The molecule has 0 saturated heterocycles. The van der Waals surface area contributed by atoms with Crippen molar-refractivity contribution in [3.05, 3.63) is 29.7 Å². The molecule has 0 fully saturated rings. The molecule has 0 radical (unpaired) electrons. The van der Waals surface area contributed by atoms with E-state index < -0.39 is 14.6 Å². The molecule has 1 amide bonds.